The molecule has 0 aliphatic heterocycles. The third kappa shape index (κ3) is 4.26. The van der Waals surface area contributed by atoms with Crippen molar-refractivity contribution < 1.29 is 18.3 Å². The van der Waals surface area contributed by atoms with Crippen molar-refractivity contribution in [3.05, 3.63) is 59.7 Å². The Hall–Kier alpha value is -2.47. The second-order valence-electron chi connectivity index (χ2n) is 4.62. The van der Waals surface area contributed by atoms with E-state index < -0.39 is 11.6 Å². The maximum absolute atomic E-state index is 13.1. The fourth-order valence-electron chi connectivity index (χ4n) is 1.93. The summed E-state index contributed by atoms with van der Waals surface area (Å²) in [7, 11) is 1.59. The summed E-state index contributed by atoms with van der Waals surface area (Å²) in [5, 5.41) is 5.48. The van der Waals surface area contributed by atoms with Gasteiger partial charge in [0.15, 0.2) is 11.6 Å². The number of carbonyl (C=O) groups is 1. The van der Waals surface area contributed by atoms with E-state index in [4.69, 9.17) is 4.74 Å². The second-order valence-corrected chi connectivity index (χ2v) is 4.62. The highest BCUT2D eigenvalue weighted by molar-refractivity contribution is 5.93. The van der Waals surface area contributed by atoms with Crippen LogP contribution in [0.15, 0.2) is 42.5 Å². The van der Waals surface area contributed by atoms with E-state index in [1.165, 1.54) is 6.07 Å². The summed E-state index contributed by atoms with van der Waals surface area (Å²) in [6.45, 7) is 0.424. The van der Waals surface area contributed by atoms with Crippen molar-refractivity contribution in [2.24, 2.45) is 0 Å². The highest BCUT2D eigenvalue weighted by Gasteiger charge is 2.07. The van der Waals surface area contributed by atoms with Gasteiger partial charge in [-0.1, -0.05) is 18.2 Å². The van der Waals surface area contributed by atoms with Gasteiger partial charge in [-0.05, 0) is 18.2 Å². The van der Waals surface area contributed by atoms with Gasteiger partial charge in [0.2, 0.25) is 5.91 Å². The normalized spacial score (nSPS) is 10.3. The van der Waals surface area contributed by atoms with Crippen molar-refractivity contribution in [2.45, 2.75) is 6.61 Å². The van der Waals surface area contributed by atoms with E-state index in [0.29, 0.717) is 6.61 Å². The Morgan fingerprint density at radius 1 is 1.14 bits per heavy atom. The third-order valence-corrected chi connectivity index (χ3v) is 2.96. The molecule has 0 heterocycles. The predicted molar refractivity (Wildman–Crippen MR) is 80.6 cm³/mol. The van der Waals surface area contributed by atoms with E-state index >= 15 is 0 Å². The van der Waals surface area contributed by atoms with Gasteiger partial charge < -0.3 is 15.4 Å². The highest BCUT2D eigenvalue weighted by Crippen LogP contribution is 2.16. The van der Waals surface area contributed by atoms with Crippen molar-refractivity contribution in [3.63, 3.8) is 0 Å². The number of halogens is 2. The van der Waals surface area contributed by atoms with Gasteiger partial charge in [-0.3, -0.25) is 4.79 Å². The Morgan fingerprint density at radius 3 is 2.64 bits per heavy atom. The van der Waals surface area contributed by atoms with Gasteiger partial charge >= 0.3 is 0 Å². The van der Waals surface area contributed by atoms with Crippen molar-refractivity contribution in [2.75, 3.05) is 24.3 Å². The summed E-state index contributed by atoms with van der Waals surface area (Å²) in [6.07, 6.45) is 0. The Kier molecular flexibility index (Phi) is 5.43. The van der Waals surface area contributed by atoms with Gasteiger partial charge in [-0.15, -0.1) is 0 Å². The molecule has 6 heteroatoms. The van der Waals surface area contributed by atoms with Gasteiger partial charge in [0.05, 0.1) is 13.2 Å². The van der Waals surface area contributed by atoms with Crippen LogP contribution < -0.4 is 10.6 Å². The molecule has 0 radical (unpaired) electrons. The molecule has 0 spiro atoms. The number of anilines is 2. The minimum Gasteiger partial charge on any atom is -0.380 e. The minimum absolute atomic E-state index is 0.000275. The molecule has 0 aliphatic rings. The van der Waals surface area contributed by atoms with Crippen LogP contribution in [0.25, 0.3) is 0 Å². The number of rotatable bonds is 6. The monoisotopic (exact) mass is 306 g/mol. The maximum atomic E-state index is 13.1. The fraction of sp³-hybridized carbons (Fsp3) is 0.188. The molecule has 4 nitrogen and oxygen atoms in total. The molecule has 0 atom stereocenters. The molecular weight excluding hydrogens is 290 g/mol. The number of methoxy groups -OCH3 is 1. The summed E-state index contributed by atoms with van der Waals surface area (Å²) in [6, 6.07) is 10.6. The quantitative estimate of drug-likeness (QED) is 0.862. The number of para-hydroxylation sites is 1. The van der Waals surface area contributed by atoms with Crippen LogP contribution in [-0.2, 0) is 16.1 Å². The molecule has 0 saturated heterocycles. The zero-order valence-electron chi connectivity index (χ0n) is 12.0. The van der Waals surface area contributed by atoms with E-state index in [1.54, 1.807) is 7.11 Å². The van der Waals surface area contributed by atoms with Crippen LogP contribution in [0.2, 0.25) is 0 Å². The standard InChI is InChI=1S/C16H16F2N2O2/c1-22-10-11-4-2-3-5-15(11)19-9-16(21)20-12-6-7-13(17)14(18)8-12/h2-8,19H,9-10H2,1H3,(H,20,21). The van der Waals surface area contributed by atoms with Crippen LogP contribution in [0.3, 0.4) is 0 Å². The lowest BCUT2D eigenvalue weighted by atomic mass is 10.2. The van der Waals surface area contributed by atoms with Crippen molar-refractivity contribution >= 4 is 17.3 Å². The van der Waals surface area contributed by atoms with E-state index in [2.05, 4.69) is 10.6 Å². The van der Waals surface area contributed by atoms with Gasteiger partial charge in [-0.25, -0.2) is 8.78 Å². The van der Waals surface area contributed by atoms with Gasteiger partial charge in [-0.2, -0.15) is 0 Å². The molecule has 0 saturated carbocycles. The van der Waals surface area contributed by atoms with E-state index in [-0.39, 0.29) is 18.1 Å². The molecule has 2 aromatic carbocycles. The van der Waals surface area contributed by atoms with Crippen LogP contribution in [0.1, 0.15) is 5.56 Å². The van der Waals surface area contributed by atoms with E-state index in [0.717, 1.165) is 23.4 Å². The summed E-state index contributed by atoms with van der Waals surface area (Å²) >= 11 is 0. The Morgan fingerprint density at radius 2 is 1.91 bits per heavy atom. The number of ether oxygens (including phenoxy) is 1. The molecule has 1 amide bonds. The Labute approximate surface area is 127 Å². The number of nitrogens with one attached hydrogen (secondary N) is 2. The van der Waals surface area contributed by atoms with E-state index in [1.807, 2.05) is 24.3 Å². The average molecular weight is 306 g/mol. The number of benzene rings is 2. The van der Waals surface area contributed by atoms with Crippen molar-refractivity contribution in [1.29, 1.82) is 0 Å². The molecular formula is C16H16F2N2O2. The van der Waals surface area contributed by atoms with Gasteiger partial charge in [0, 0.05) is 30.1 Å². The van der Waals surface area contributed by atoms with Crippen LogP contribution in [0.5, 0.6) is 0 Å². The largest absolute Gasteiger partial charge is 0.380 e. The van der Waals surface area contributed by atoms with Crippen LogP contribution in [0.4, 0.5) is 20.2 Å². The molecule has 22 heavy (non-hydrogen) atoms. The van der Waals surface area contributed by atoms with Gasteiger partial charge in [0.1, 0.15) is 0 Å². The Balaban J connectivity index is 1.94. The summed E-state index contributed by atoms with van der Waals surface area (Å²) < 4.78 is 31.0. The minimum atomic E-state index is -1.00. The van der Waals surface area contributed by atoms with Crippen molar-refractivity contribution in [3.8, 4) is 0 Å². The Bertz CT molecular complexity index is 662. The smallest absolute Gasteiger partial charge is 0.243 e. The SMILES string of the molecule is COCc1ccccc1NCC(=O)Nc1ccc(F)c(F)c1. The molecule has 2 N–H and O–H groups in total. The van der Waals surface area contributed by atoms with Crippen molar-refractivity contribution in [1.82, 2.24) is 0 Å². The second kappa shape index (κ2) is 7.51. The number of hydrogen-bond acceptors (Lipinski definition) is 3. The predicted octanol–water partition coefficient (Wildman–Crippen LogP) is 3.16. The zero-order valence-corrected chi connectivity index (χ0v) is 12.0. The molecule has 0 aromatic heterocycles. The summed E-state index contributed by atoms with van der Waals surface area (Å²) in [5.41, 5.74) is 1.91. The molecule has 2 aromatic rings. The van der Waals surface area contributed by atoms with Crippen LogP contribution in [0, 0.1) is 11.6 Å². The molecule has 0 fully saturated rings. The molecule has 0 unspecified atom stereocenters. The zero-order chi connectivity index (χ0) is 15.9. The third-order valence-electron chi connectivity index (χ3n) is 2.96. The highest BCUT2D eigenvalue weighted by atomic mass is 19.2. The number of carbonyl (C=O) groups excluding carboxylic acids is 1. The first kappa shape index (κ1) is 15.9. The molecule has 0 bridgehead atoms. The first-order chi connectivity index (χ1) is 10.6. The van der Waals surface area contributed by atoms with E-state index in [9.17, 15) is 13.6 Å². The average Bonchev–Trinajstić information content (AvgIpc) is 2.50. The van der Waals surface area contributed by atoms with Crippen LogP contribution in [-0.4, -0.2) is 19.6 Å². The first-order valence-corrected chi connectivity index (χ1v) is 6.66. The fourth-order valence-corrected chi connectivity index (χ4v) is 1.93. The lowest BCUT2D eigenvalue weighted by Crippen LogP contribution is -2.22. The number of amides is 1. The summed E-state index contributed by atoms with van der Waals surface area (Å²) in [5.74, 6) is -2.32. The van der Waals surface area contributed by atoms with Gasteiger partial charge in [0.25, 0.3) is 0 Å². The maximum Gasteiger partial charge on any atom is 0.243 e. The number of hydrogen-bond donors (Lipinski definition) is 2. The van der Waals surface area contributed by atoms with Crippen LogP contribution >= 0.6 is 0 Å². The summed E-state index contributed by atoms with van der Waals surface area (Å²) in [4.78, 5) is 11.8. The first-order valence-electron chi connectivity index (χ1n) is 6.66. The molecule has 0 aliphatic carbocycles. The lowest BCUT2D eigenvalue weighted by molar-refractivity contribution is -0.114. The molecule has 116 valence electrons. The topological polar surface area (TPSA) is 50.4 Å². The lowest BCUT2D eigenvalue weighted by Gasteiger charge is -2.11. The molecule has 2 rings (SSSR count).